The van der Waals surface area contributed by atoms with Crippen molar-refractivity contribution in [2.75, 3.05) is 26.2 Å². The molecule has 0 saturated carbocycles. The van der Waals surface area contributed by atoms with Gasteiger partial charge in [0.2, 0.25) is 5.91 Å². The van der Waals surface area contributed by atoms with E-state index in [0.717, 1.165) is 39.0 Å². The van der Waals surface area contributed by atoms with Crippen LogP contribution < -0.4 is 5.32 Å². The number of piperidine rings is 1. The number of likely N-dealkylation sites (tertiary alicyclic amines) is 1. The Morgan fingerprint density at radius 3 is 2.50 bits per heavy atom. The van der Waals surface area contributed by atoms with Gasteiger partial charge in [-0.15, -0.1) is 0 Å². The van der Waals surface area contributed by atoms with Gasteiger partial charge in [0, 0.05) is 13.1 Å². The molecule has 1 N–H and O–H groups in total. The van der Waals surface area contributed by atoms with Crippen LogP contribution in [0.3, 0.4) is 0 Å². The Bertz CT molecular complexity index is 735. The van der Waals surface area contributed by atoms with Gasteiger partial charge >= 0.3 is 0 Å². The Kier molecular flexibility index (Phi) is 5.35. The molecule has 3 heteroatoms. The highest BCUT2D eigenvalue weighted by molar-refractivity contribution is 5.84. The maximum Gasteiger partial charge on any atom is 0.227 e. The van der Waals surface area contributed by atoms with Crippen molar-refractivity contribution in [3.63, 3.8) is 0 Å². The van der Waals surface area contributed by atoms with Crippen LogP contribution in [-0.4, -0.2) is 37.0 Å². The normalized spacial score (nSPS) is 20.7. The van der Waals surface area contributed by atoms with Gasteiger partial charge in [-0.2, -0.15) is 0 Å². The molecule has 0 aromatic heterocycles. The van der Waals surface area contributed by atoms with E-state index in [1.54, 1.807) is 0 Å². The molecular formula is C23H28N2O. The Labute approximate surface area is 156 Å². The second kappa shape index (κ2) is 8.05. The quantitative estimate of drug-likeness (QED) is 0.893. The van der Waals surface area contributed by atoms with Crippen LogP contribution in [0, 0.1) is 0 Å². The summed E-state index contributed by atoms with van der Waals surface area (Å²) in [6.07, 6.45) is 4.41. The second-order valence-electron chi connectivity index (χ2n) is 7.61. The van der Waals surface area contributed by atoms with Crippen LogP contribution >= 0.6 is 0 Å². The van der Waals surface area contributed by atoms with Gasteiger partial charge in [-0.1, -0.05) is 54.6 Å². The fourth-order valence-corrected chi connectivity index (χ4v) is 4.51. The van der Waals surface area contributed by atoms with Crippen LogP contribution in [0.1, 0.15) is 47.8 Å². The van der Waals surface area contributed by atoms with E-state index in [9.17, 15) is 4.79 Å². The molecule has 136 valence electrons. The van der Waals surface area contributed by atoms with Gasteiger partial charge in [-0.05, 0) is 61.4 Å². The van der Waals surface area contributed by atoms with Crippen LogP contribution in [0.5, 0.6) is 0 Å². The molecule has 0 spiro atoms. The zero-order valence-electron chi connectivity index (χ0n) is 15.4. The highest BCUT2D eigenvalue weighted by atomic mass is 16.1. The Morgan fingerprint density at radius 2 is 1.69 bits per heavy atom. The molecule has 1 heterocycles. The summed E-state index contributed by atoms with van der Waals surface area (Å²) in [5.41, 5.74) is 4.05. The zero-order chi connectivity index (χ0) is 17.8. The van der Waals surface area contributed by atoms with Crippen LogP contribution in [-0.2, 0) is 11.2 Å². The molecule has 0 radical (unpaired) electrons. The number of hydrogen-bond acceptors (Lipinski definition) is 2. The number of aryl methyl sites for hydroxylation is 1. The number of nitrogens with zero attached hydrogens (tertiary/aromatic N) is 1. The van der Waals surface area contributed by atoms with Crippen molar-refractivity contribution < 1.29 is 4.79 Å². The van der Waals surface area contributed by atoms with Gasteiger partial charge in [0.1, 0.15) is 0 Å². The largest absolute Gasteiger partial charge is 0.354 e. The Balaban J connectivity index is 1.21. The summed E-state index contributed by atoms with van der Waals surface area (Å²) in [7, 11) is 0. The standard InChI is InChI=1S/C23H28N2O/c26-23(22-11-10-20-8-4-5-9-21(20)22)24-14-17-25-15-12-19(13-16-25)18-6-2-1-3-7-18/h1-9,19,22H,10-17H2,(H,24,26). The highest BCUT2D eigenvalue weighted by Gasteiger charge is 2.28. The SMILES string of the molecule is O=C(NCCN1CCC(c2ccccc2)CC1)C1CCc2ccccc21. The lowest BCUT2D eigenvalue weighted by atomic mass is 9.89. The average molecular weight is 348 g/mol. The lowest BCUT2D eigenvalue weighted by molar-refractivity contribution is -0.122. The molecule has 1 amide bonds. The smallest absolute Gasteiger partial charge is 0.227 e. The zero-order valence-corrected chi connectivity index (χ0v) is 15.4. The minimum absolute atomic E-state index is 0.0509. The van der Waals surface area contributed by atoms with Crippen LogP contribution in [0.4, 0.5) is 0 Å². The maximum atomic E-state index is 12.6. The molecule has 3 nitrogen and oxygen atoms in total. The summed E-state index contributed by atoms with van der Waals surface area (Å²) in [6.45, 7) is 3.97. The first kappa shape index (κ1) is 17.3. The minimum Gasteiger partial charge on any atom is -0.354 e. The van der Waals surface area contributed by atoms with E-state index in [4.69, 9.17) is 0 Å². The molecule has 0 bridgehead atoms. The van der Waals surface area contributed by atoms with E-state index < -0.39 is 0 Å². The summed E-state index contributed by atoms with van der Waals surface area (Å²) in [4.78, 5) is 15.0. The molecule has 1 fully saturated rings. The Morgan fingerprint density at radius 1 is 0.962 bits per heavy atom. The van der Waals surface area contributed by atoms with Crippen molar-refractivity contribution in [2.45, 2.75) is 37.5 Å². The van der Waals surface area contributed by atoms with E-state index in [1.165, 1.54) is 29.5 Å². The lowest BCUT2D eigenvalue weighted by Crippen LogP contribution is -2.40. The third-order valence-corrected chi connectivity index (χ3v) is 6.04. The molecule has 2 aromatic rings. The van der Waals surface area contributed by atoms with Crippen molar-refractivity contribution in [3.05, 3.63) is 71.3 Å². The number of carbonyl (C=O) groups is 1. The van der Waals surface area contributed by atoms with Crippen LogP contribution in [0.15, 0.2) is 54.6 Å². The fraction of sp³-hybridized carbons (Fsp3) is 0.435. The topological polar surface area (TPSA) is 32.3 Å². The summed E-state index contributed by atoms with van der Waals surface area (Å²) in [5, 5.41) is 3.18. The number of hydrogen-bond donors (Lipinski definition) is 1. The number of nitrogens with one attached hydrogen (secondary N) is 1. The highest BCUT2D eigenvalue weighted by Crippen LogP contribution is 2.32. The molecule has 1 atom stereocenters. The monoisotopic (exact) mass is 348 g/mol. The average Bonchev–Trinajstić information content (AvgIpc) is 3.13. The number of amides is 1. The van der Waals surface area contributed by atoms with Gasteiger partial charge in [-0.25, -0.2) is 0 Å². The predicted molar refractivity (Wildman–Crippen MR) is 105 cm³/mol. The molecule has 2 aromatic carbocycles. The van der Waals surface area contributed by atoms with Gasteiger partial charge in [0.25, 0.3) is 0 Å². The van der Waals surface area contributed by atoms with Crippen LogP contribution in [0.25, 0.3) is 0 Å². The minimum atomic E-state index is 0.0509. The van der Waals surface area contributed by atoms with E-state index in [2.05, 4.69) is 58.7 Å². The second-order valence-corrected chi connectivity index (χ2v) is 7.61. The first-order chi connectivity index (χ1) is 12.8. The summed E-state index contributed by atoms with van der Waals surface area (Å²) >= 11 is 0. The number of rotatable bonds is 5. The number of carbonyl (C=O) groups excluding carboxylic acids is 1. The first-order valence-corrected chi connectivity index (χ1v) is 9.94. The molecule has 1 unspecified atom stereocenters. The molecule has 2 aliphatic rings. The van der Waals surface area contributed by atoms with Crippen molar-refractivity contribution >= 4 is 5.91 Å². The van der Waals surface area contributed by atoms with E-state index in [-0.39, 0.29) is 11.8 Å². The Hall–Kier alpha value is -2.13. The van der Waals surface area contributed by atoms with Gasteiger partial charge < -0.3 is 10.2 Å². The third-order valence-electron chi connectivity index (χ3n) is 6.04. The molecule has 1 saturated heterocycles. The number of benzene rings is 2. The molecule has 1 aliphatic carbocycles. The van der Waals surface area contributed by atoms with Gasteiger partial charge in [0.05, 0.1) is 5.92 Å². The summed E-state index contributed by atoms with van der Waals surface area (Å²) in [6, 6.07) is 19.2. The van der Waals surface area contributed by atoms with Crippen molar-refractivity contribution in [3.8, 4) is 0 Å². The van der Waals surface area contributed by atoms with Gasteiger partial charge in [-0.3, -0.25) is 4.79 Å². The predicted octanol–water partition coefficient (Wildman–Crippen LogP) is 3.71. The summed E-state index contributed by atoms with van der Waals surface area (Å²) in [5.74, 6) is 0.946. The van der Waals surface area contributed by atoms with Gasteiger partial charge in [0.15, 0.2) is 0 Å². The van der Waals surface area contributed by atoms with Crippen LogP contribution in [0.2, 0.25) is 0 Å². The third kappa shape index (κ3) is 3.83. The van der Waals surface area contributed by atoms with E-state index >= 15 is 0 Å². The first-order valence-electron chi connectivity index (χ1n) is 9.94. The number of fused-ring (bicyclic) bond motifs is 1. The molecule has 1 aliphatic heterocycles. The molecular weight excluding hydrogens is 320 g/mol. The van der Waals surface area contributed by atoms with E-state index in [1.807, 2.05) is 6.07 Å². The molecule has 26 heavy (non-hydrogen) atoms. The summed E-state index contributed by atoms with van der Waals surface area (Å²) < 4.78 is 0. The maximum absolute atomic E-state index is 12.6. The van der Waals surface area contributed by atoms with E-state index in [0.29, 0.717) is 5.92 Å². The molecule has 4 rings (SSSR count). The van der Waals surface area contributed by atoms with Crippen molar-refractivity contribution in [1.29, 1.82) is 0 Å². The van der Waals surface area contributed by atoms with Crippen molar-refractivity contribution in [2.24, 2.45) is 0 Å². The lowest BCUT2D eigenvalue weighted by Gasteiger charge is -2.32. The fourth-order valence-electron chi connectivity index (χ4n) is 4.51. The van der Waals surface area contributed by atoms with Crippen molar-refractivity contribution in [1.82, 2.24) is 10.2 Å².